The van der Waals surface area contributed by atoms with Crippen LogP contribution in [0.3, 0.4) is 0 Å². The first-order valence-corrected chi connectivity index (χ1v) is 10.8. The Morgan fingerprint density at radius 2 is 1.61 bits per heavy atom. The lowest BCUT2D eigenvalue weighted by atomic mass is 10.1. The lowest BCUT2D eigenvalue weighted by Crippen LogP contribution is -2.47. The van der Waals surface area contributed by atoms with E-state index in [1.54, 1.807) is 0 Å². The second-order valence-electron chi connectivity index (χ2n) is 7.75. The van der Waals surface area contributed by atoms with Crippen LogP contribution in [-0.2, 0) is 16.0 Å². The molecule has 9 heteroatoms. The minimum atomic E-state index is -1.82. The maximum Gasteiger partial charge on any atom is 0.414 e. The molecule has 3 aromatic rings. The standard InChI is InChI=1S/C22H24N2O3.C2H2O4/c1-2-6-20-18(4-1)17(16-27-20)8-9-23-10-12-24(13-11-23)19-5-3-7-21-22(19)26-15-14-25-21;3-1(4)2(5)6/h1-7,16H,8-15H2;(H,3,4)(H,5,6). The number of hydrogen-bond donors (Lipinski definition) is 2. The molecular weight excluding hydrogens is 428 g/mol. The minimum absolute atomic E-state index is 0.628. The van der Waals surface area contributed by atoms with Crippen LogP contribution in [0, 0.1) is 0 Å². The number of carboxylic acid groups (broad SMARTS) is 2. The Hall–Kier alpha value is -3.72. The molecule has 1 aromatic heterocycles. The molecule has 0 spiro atoms. The first kappa shape index (κ1) is 22.5. The lowest BCUT2D eigenvalue weighted by Gasteiger charge is -2.37. The third-order valence-corrected chi connectivity index (χ3v) is 5.70. The van der Waals surface area contributed by atoms with Crippen molar-refractivity contribution in [3.8, 4) is 11.5 Å². The summed E-state index contributed by atoms with van der Waals surface area (Å²) in [7, 11) is 0. The molecule has 1 fully saturated rings. The number of aliphatic carboxylic acids is 2. The summed E-state index contributed by atoms with van der Waals surface area (Å²) in [6.45, 7) is 6.44. The highest BCUT2D eigenvalue weighted by molar-refractivity contribution is 6.27. The third-order valence-electron chi connectivity index (χ3n) is 5.70. The van der Waals surface area contributed by atoms with Crippen molar-refractivity contribution in [3.63, 3.8) is 0 Å². The number of ether oxygens (including phenoxy) is 2. The number of nitrogens with zero attached hydrogens (tertiary/aromatic N) is 2. The molecule has 9 nitrogen and oxygen atoms in total. The predicted molar refractivity (Wildman–Crippen MR) is 121 cm³/mol. The molecule has 2 aromatic carbocycles. The fourth-order valence-corrected chi connectivity index (χ4v) is 4.02. The topological polar surface area (TPSA) is 113 Å². The van der Waals surface area contributed by atoms with Crippen molar-refractivity contribution >= 4 is 28.6 Å². The average Bonchev–Trinajstić information content (AvgIpc) is 3.26. The summed E-state index contributed by atoms with van der Waals surface area (Å²) in [5, 5.41) is 16.0. The number of carboxylic acids is 2. The van der Waals surface area contributed by atoms with Crippen molar-refractivity contribution in [1.82, 2.24) is 4.90 Å². The zero-order valence-electron chi connectivity index (χ0n) is 18.1. The second-order valence-corrected chi connectivity index (χ2v) is 7.75. The van der Waals surface area contributed by atoms with Crippen LogP contribution in [0.1, 0.15) is 5.56 Å². The normalized spacial score (nSPS) is 15.6. The van der Waals surface area contributed by atoms with Crippen molar-refractivity contribution in [2.45, 2.75) is 6.42 Å². The Bertz CT molecular complexity index is 1110. The van der Waals surface area contributed by atoms with Gasteiger partial charge in [-0.2, -0.15) is 0 Å². The molecule has 2 aliphatic rings. The molecule has 0 bridgehead atoms. The first-order valence-electron chi connectivity index (χ1n) is 10.8. The highest BCUT2D eigenvalue weighted by Crippen LogP contribution is 2.39. The van der Waals surface area contributed by atoms with E-state index >= 15 is 0 Å². The fourth-order valence-electron chi connectivity index (χ4n) is 4.02. The number of piperazine rings is 1. The van der Waals surface area contributed by atoms with Crippen LogP contribution >= 0.6 is 0 Å². The van der Waals surface area contributed by atoms with Gasteiger partial charge in [0.05, 0.1) is 12.0 Å². The fraction of sp³-hybridized carbons (Fsp3) is 0.333. The van der Waals surface area contributed by atoms with E-state index in [1.807, 2.05) is 24.5 Å². The van der Waals surface area contributed by atoms with Gasteiger partial charge >= 0.3 is 11.9 Å². The van der Waals surface area contributed by atoms with Crippen LogP contribution < -0.4 is 14.4 Å². The third kappa shape index (κ3) is 5.38. The van der Waals surface area contributed by atoms with E-state index in [-0.39, 0.29) is 0 Å². The number of fused-ring (bicyclic) bond motifs is 2. The number of furan rings is 1. The number of para-hydroxylation sites is 2. The maximum absolute atomic E-state index is 9.10. The van der Waals surface area contributed by atoms with Crippen LogP contribution in [0.25, 0.3) is 11.0 Å². The first-order chi connectivity index (χ1) is 16.0. The SMILES string of the molecule is O=C(O)C(=O)O.c1cc2c(c(N3CCN(CCc4coc5ccccc45)CC3)c1)OCCO2. The summed E-state index contributed by atoms with van der Waals surface area (Å²) in [5.74, 6) is -1.87. The van der Waals surface area contributed by atoms with Crippen LogP contribution in [-0.4, -0.2) is 73.0 Å². The highest BCUT2D eigenvalue weighted by atomic mass is 16.6. The van der Waals surface area contributed by atoms with Crippen LogP contribution in [0.2, 0.25) is 0 Å². The molecule has 0 saturated carbocycles. The summed E-state index contributed by atoms with van der Waals surface area (Å²) in [4.78, 5) is 23.1. The Balaban J connectivity index is 0.000000385. The highest BCUT2D eigenvalue weighted by Gasteiger charge is 2.23. The summed E-state index contributed by atoms with van der Waals surface area (Å²) in [5.41, 5.74) is 3.44. The summed E-state index contributed by atoms with van der Waals surface area (Å²) < 4.78 is 17.3. The van der Waals surface area contributed by atoms with Crippen LogP contribution in [0.5, 0.6) is 11.5 Å². The molecule has 0 unspecified atom stereocenters. The largest absolute Gasteiger partial charge is 0.486 e. The Morgan fingerprint density at radius 3 is 2.36 bits per heavy atom. The van der Waals surface area contributed by atoms with E-state index in [1.165, 1.54) is 10.9 Å². The molecule has 2 aliphatic heterocycles. The zero-order chi connectivity index (χ0) is 23.2. The van der Waals surface area contributed by atoms with E-state index in [0.29, 0.717) is 13.2 Å². The van der Waals surface area contributed by atoms with Gasteiger partial charge in [0, 0.05) is 38.1 Å². The molecule has 0 aliphatic carbocycles. The molecule has 3 heterocycles. The lowest BCUT2D eigenvalue weighted by molar-refractivity contribution is -0.159. The van der Waals surface area contributed by atoms with Gasteiger partial charge in [0.1, 0.15) is 18.8 Å². The molecule has 0 atom stereocenters. The number of benzene rings is 2. The summed E-state index contributed by atoms with van der Waals surface area (Å²) in [6, 6.07) is 14.5. The molecule has 5 rings (SSSR count). The van der Waals surface area contributed by atoms with Gasteiger partial charge in [0.15, 0.2) is 11.5 Å². The minimum Gasteiger partial charge on any atom is -0.486 e. The van der Waals surface area contributed by atoms with E-state index in [9.17, 15) is 0 Å². The Kier molecular flexibility index (Phi) is 6.99. The Morgan fingerprint density at radius 1 is 0.879 bits per heavy atom. The van der Waals surface area contributed by atoms with Crippen LogP contribution in [0.4, 0.5) is 5.69 Å². The van der Waals surface area contributed by atoms with Gasteiger partial charge in [-0.25, -0.2) is 9.59 Å². The summed E-state index contributed by atoms with van der Waals surface area (Å²) >= 11 is 0. The van der Waals surface area contributed by atoms with Gasteiger partial charge < -0.3 is 29.0 Å². The van der Waals surface area contributed by atoms with Gasteiger partial charge in [-0.05, 0) is 30.2 Å². The molecule has 0 amide bonds. The number of hydrogen-bond acceptors (Lipinski definition) is 7. The number of carbonyl (C=O) groups is 2. The van der Waals surface area contributed by atoms with Gasteiger partial charge in [-0.1, -0.05) is 24.3 Å². The van der Waals surface area contributed by atoms with E-state index in [4.69, 9.17) is 33.7 Å². The van der Waals surface area contributed by atoms with Crippen molar-refractivity contribution < 1.29 is 33.7 Å². The van der Waals surface area contributed by atoms with Crippen molar-refractivity contribution in [2.75, 3.05) is 50.8 Å². The van der Waals surface area contributed by atoms with E-state index in [2.05, 4.69) is 34.1 Å². The van der Waals surface area contributed by atoms with Gasteiger partial charge in [-0.15, -0.1) is 0 Å². The number of rotatable bonds is 4. The molecule has 0 radical (unpaired) electrons. The van der Waals surface area contributed by atoms with Crippen molar-refractivity contribution in [3.05, 3.63) is 54.3 Å². The zero-order valence-corrected chi connectivity index (χ0v) is 18.1. The van der Waals surface area contributed by atoms with Gasteiger partial charge in [-0.3, -0.25) is 4.90 Å². The van der Waals surface area contributed by atoms with Gasteiger partial charge in [0.25, 0.3) is 0 Å². The maximum atomic E-state index is 9.10. The average molecular weight is 454 g/mol. The van der Waals surface area contributed by atoms with Gasteiger partial charge in [0.2, 0.25) is 0 Å². The predicted octanol–water partition coefficient (Wildman–Crippen LogP) is 2.72. The monoisotopic (exact) mass is 454 g/mol. The Labute approximate surface area is 190 Å². The molecule has 33 heavy (non-hydrogen) atoms. The number of anilines is 1. The molecule has 2 N–H and O–H groups in total. The van der Waals surface area contributed by atoms with Crippen molar-refractivity contribution in [1.29, 1.82) is 0 Å². The smallest absolute Gasteiger partial charge is 0.414 e. The quantitative estimate of drug-likeness (QED) is 0.575. The molecule has 174 valence electrons. The second kappa shape index (κ2) is 10.3. The summed E-state index contributed by atoms with van der Waals surface area (Å²) in [6.07, 6.45) is 2.93. The molecule has 1 saturated heterocycles. The van der Waals surface area contributed by atoms with E-state index in [0.717, 1.165) is 61.9 Å². The molecular formula is C24H26N2O7. The van der Waals surface area contributed by atoms with E-state index < -0.39 is 11.9 Å². The van der Waals surface area contributed by atoms with Crippen LogP contribution in [0.15, 0.2) is 53.1 Å². The van der Waals surface area contributed by atoms with Crippen molar-refractivity contribution in [2.24, 2.45) is 0 Å².